The number of nitrogens with zero attached hydrogens (tertiary/aromatic N) is 5. The summed E-state index contributed by atoms with van der Waals surface area (Å²) in [6.45, 7) is 0. The highest BCUT2D eigenvalue weighted by molar-refractivity contribution is 6.32. The molecule has 0 aliphatic heterocycles. The molecule has 94 valence electrons. The van der Waals surface area contributed by atoms with Crippen LogP contribution in [0.1, 0.15) is 10.6 Å². The fourth-order valence-electron chi connectivity index (χ4n) is 1.15. The van der Waals surface area contributed by atoms with Crippen LogP contribution in [0, 0.1) is 0 Å². The van der Waals surface area contributed by atoms with E-state index in [1.165, 1.54) is 31.4 Å². The zero-order valence-corrected chi connectivity index (χ0v) is 10.2. The molecule has 0 saturated heterocycles. The van der Waals surface area contributed by atoms with Crippen molar-refractivity contribution in [2.45, 2.75) is 0 Å². The van der Waals surface area contributed by atoms with Crippen molar-refractivity contribution in [3.63, 3.8) is 0 Å². The summed E-state index contributed by atoms with van der Waals surface area (Å²) in [6, 6.07) is 0.129. The van der Waals surface area contributed by atoms with Crippen LogP contribution in [-0.4, -0.2) is 44.9 Å². The third-order valence-electron chi connectivity index (χ3n) is 1.96. The number of carbonyl (C=O) groups is 1. The predicted octanol–water partition coefficient (Wildman–Crippen LogP) is 0.506. The molecule has 2 heterocycles. The Hall–Kier alpha value is -2.22. The summed E-state index contributed by atoms with van der Waals surface area (Å²) < 4.78 is 10.6. The smallest absolute Gasteiger partial charge is 0.377 e. The molecule has 0 spiro atoms. The lowest BCUT2D eigenvalue weighted by molar-refractivity contribution is 0.0587. The molecule has 2 aromatic heterocycles. The van der Waals surface area contributed by atoms with Crippen LogP contribution < -0.4 is 4.74 Å². The maximum Gasteiger partial charge on any atom is 0.377 e. The number of rotatable bonds is 3. The third kappa shape index (κ3) is 2.23. The summed E-state index contributed by atoms with van der Waals surface area (Å²) in [5, 5.41) is 4.14. The van der Waals surface area contributed by atoms with Crippen molar-refractivity contribution in [3.8, 4) is 11.8 Å². The number of hydrogen-bond donors (Lipinski definition) is 0. The van der Waals surface area contributed by atoms with Gasteiger partial charge in [-0.25, -0.2) is 19.4 Å². The molecule has 9 heteroatoms. The average Bonchev–Trinajstić information content (AvgIpc) is 2.88. The van der Waals surface area contributed by atoms with E-state index in [1.54, 1.807) is 0 Å². The van der Waals surface area contributed by atoms with Gasteiger partial charge in [0.1, 0.15) is 11.3 Å². The Bertz CT molecular complexity index is 585. The van der Waals surface area contributed by atoms with Gasteiger partial charge < -0.3 is 9.47 Å². The monoisotopic (exact) mass is 269 g/mol. The van der Waals surface area contributed by atoms with Crippen molar-refractivity contribution in [1.29, 1.82) is 0 Å². The zero-order chi connectivity index (χ0) is 13.1. The minimum absolute atomic E-state index is 0.0915. The maximum absolute atomic E-state index is 11.2. The third-order valence-corrected chi connectivity index (χ3v) is 2.23. The molecule has 2 aromatic rings. The summed E-state index contributed by atoms with van der Waals surface area (Å²) >= 11 is 5.93. The Labute approximate surface area is 107 Å². The first-order chi connectivity index (χ1) is 8.65. The number of aromatic nitrogens is 5. The van der Waals surface area contributed by atoms with Crippen LogP contribution in [-0.2, 0) is 4.74 Å². The Morgan fingerprint density at radius 1 is 1.39 bits per heavy atom. The van der Waals surface area contributed by atoms with Gasteiger partial charge in [-0.15, -0.1) is 5.10 Å². The zero-order valence-electron chi connectivity index (χ0n) is 9.49. The number of methoxy groups -OCH3 is 2. The average molecular weight is 270 g/mol. The SMILES string of the molecule is COC(=O)c1ncn(-c2nc(OC)ncc2Cl)n1. The van der Waals surface area contributed by atoms with Crippen LogP contribution in [0.15, 0.2) is 12.5 Å². The van der Waals surface area contributed by atoms with Gasteiger partial charge in [-0.3, -0.25) is 0 Å². The minimum Gasteiger partial charge on any atom is -0.467 e. The Morgan fingerprint density at radius 3 is 2.83 bits per heavy atom. The van der Waals surface area contributed by atoms with Crippen molar-refractivity contribution < 1.29 is 14.3 Å². The van der Waals surface area contributed by atoms with Crippen LogP contribution in [0.5, 0.6) is 6.01 Å². The predicted molar refractivity (Wildman–Crippen MR) is 59.9 cm³/mol. The van der Waals surface area contributed by atoms with Crippen molar-refractivity contribution >= 4 is 17.6 Å². The second-order valence-corrected chi connectivity index (χ2v) is 3.44. The molecule has 0 aliphatic carbocycles. The molecule has 2 rings (SSSR count). The molecule has 0 radical (unpaired) electrons. The van der Waals surface area contributed by atoms with Gasteiger partial charge in [-0.05, 0) is 0 Å². The van der Waals surface area contributed by atoms with E-state index < -0.39 is 5.97 Å². The molecule has 18 heavy (non-hydrogen) atoms. The number of halogens is 1. The molecular formula is C9H8ClN5O3. The van der Waals surface area contributed by atoms with Gasteiger partial charge in [-0.1, -0.05) is 11.6 Å². The van der Waals surface area contributed by atoms with E-state index in [0.717, 1.165) is 0 Å². The van der Waals surface area contributed by atoms with Crippen molar-refractivity contribution in [3.05, 3.63) is 23.4 Å². The van der Waals surface area contributed by atoms with Crippen molar-refractivity contribution in [2.24, 2.45) is 0 Å². The Kier molecular flexibility index (Phi) is 3.38. The number of carbonyl (C=O) groups excluding carboxylic acids is 1. The maximum atomic E-state index is 11.2. The fraction of sp³-hybridized carbons (Fsp3) is 0.222. The van der Waals surface area contributed by atoms with Gasteiger partial charge in [0.25, 0.3) is 5.82 Å². The summed E-state index contributed by atoms with van der Waals surface area (Å²) in [5.41, 5.74) is 0. The second kappa shape index (κ2) is 4.96. The molecule has 0 amide bonds. The first-order valence-electron chi connectivity index (χ1n) is 4.72. The summed E-state index contributed by atoms with van der Waals surface area (Å²) in [7, 11) is 2.66. The number of hydrogen-bond acceptors (Lipinski definition) is 7. The minimum atomic E-state index is -0.647. The topological polar surface area (TPSA) is 92.0 Å². The van der Waals surface area contributed by atoms with E-state index >= 15 is 0 Å². The lowest BCUT2D eigenvalue weighted by atomic mass is 10.6. The molecule has 0 bridgehead atoms. The summed E-state index contributed by atoms with van der Waals surface area (Å²) in [5.74, 6) is -0.483. The standard InChI is InChI=1S/C9H8ClN5O3/c1-17-8(16)6-12-4-15(14-6)7-5(10)3-11-9(13-7)18-2/h3-4H,1-2H3. The second-order valence-electron chi connectivity index (χ2n) is 3.03. The molecular weight excluding hydrogens is 262 g/mol. The van der Waals surface area contributed by atoms with Gasteiger partial charge in [-0.2, -0.15) is 4.98 Å². The van der Waals surface area contributed by atoms with Crippen molar-refractivity contribution in [1.82, 2.24) is 24.7 Å². The van der Waals surface area contributed by atoms with Crippen LogP contribution in [0.4, 0.5) is 0 Å². The molecule has 8 nitrogen and oxygen atoms in total. The lowest BCUT2D eigenvalue weighted by Gasteiger charge is -2.03. The van der Waals surface area contributed by atoms with Gasteiger partial charge in [0, 0.05) is 0 Å². The summed E-state index contributed by atoms with van der Waals surface area (Å²) in [4.78, 5) is 22.8. The van der Waals surface area contributed by atoms with E-state index in [0.29, 0.717) is 0 Å². The van der Waals surface area contributed by atoms with Crippen LogP contribution in [0.3, 0.4) is 0 Å². The molecule has 0 saturated carbocycles. The van der Waals surface area contributed by atoms with Gasteiger partial charge in [0.05, 0.1) is 20.4 Å². The Balaban J connectivity index is 2.42. The van der Waals surface area contributed by atoms with Crippen LogP contribution >= 0.6 is 11.6 Å². The van der Waals surface area contributed by atoms with E-state index in [2.05, 4.69) is 24.8 Å². The van der Waals surface area contributed by atoms with Crippen LogP contribution in [0.25, 0.3) is 5.82 Å². The molecule has 0 fully saturated rings. The van der Waals surface area contributed by atoms with E-state index in [-0.39, 0.29) is 22.7 Å². The number of esters is 1. The highest BCUT2D eigenvalue weighted by atomic mass is 35.5. The van der Waals surface area contributed by atoms with Crippen molar-refractivity contribution in [2.75, 3.05) is 14.2 Å². The molecule has 0 aliphatic rings. The molecule has 0 aromatic carbocycles. The van der Waals surface area contributed by atoms with Gasteiger partial charge in [0.2, 0.25) is 0 Å². The lowest BCUT2D eigenvalue weighted by Crippen LogP contribution is -2.07. The van der Waals surface area contributed by atoms with Gasteiger partial charge >= 0.3 is 12.0 Å². The highest BCUT2D eigenvalue weighted by Crippen LogP contribution is 2.18. The fourth-order valence-corrected chi connectivity index (χ4v) is 1.33. The molecule has 0 N–H and O–H groups in total. The van der Waals surface area contributed by atoms with Gasteiger partial charge in [0.15, 0.2) is 5.82 Å². The molecule has 0 unspecified atom stereocenters. The largest absolute Gasteiger partial charge is 0.467 e. The first-order valence-corrected chi connectivity index (χ1v) is 5.10. The Morgan fingerprint density at radius 2 is 2.17 bits per heavy atom. The van der Waals surface area contributed by atoms with E-state index in [9.17, 15) is 4.79 Å². The van der Waals surface area contributed by atoms with E-state index in [1.807, 2.05) is 0 Å². The highest BCUT2D eigenvalue weighted by Gasteiger charge is 2.15. The quantitative estimate of drug-likeness (QED) is 0.749. The summed E-state index contributed by atoms with van der Waals surface area (Å²) in [6.07, 6.45) is 2.65. The molecule has 0 atom stereocenters. The van der Waals surface area contributed by atoms with E-state index in [4.69, 9.17) is 16.3 Å². The first kappa shape index (κ1) is 12.2. The van der Waals surface area contributed by atoms with Crippen LogP contribution in [0.2, 0.25) is 5.02 Å². The number of ether oxygens (including phenoxy) is 2. The normalized spacial score (nSPS) is 10.2.